The Morgan fingerprint density at radius 3 is 2.48 bits per heavy atom. The molecule has 2 aromatic carbocycles. The first-order valence-electron chi connectivity index (χ1n) is 10.0. The SMILES string of the molecule is O=C(CCn1[nH]c(=O)c2ccccc2c1=O)N1CCC(Oc2ccc(F)cc2F)CC1. The van der Waals surface area contributed by atoms with Gasteiger partial charge in [-0.15, -0.1) is 0 Å². The number of benzene rings is 2. The lowest BCUT2D eigenvalue weighted by molar-refractivity contribution is -0.133. The van der Waals surface area contributed by atoms with Gasteiger partial charge in [0.1, 0.15) is 11.9 Å². The van der Waals surface area contributed by atoms with Crippen molar-refractivity contribution in [1.82, 2.24) is 14.7 Å². The highest BCUT2D eigenvalue weighted by Crippen LogP contribution is 2.23. The molecule has 0 atom stereocenters. The second-order valence-electron chi connectivity index (χ2n) is 7.47. The second-order valence-corrected chi connectivity index (χ2v) is 7.47. The van der Waals surface area contributed by atoms with Crippen molar-refractivity contribution in [2.75, 3.05) is 13.1 Å². The number of nitrogens with one attached hydrogen (secondary N) is 1. The Morgan fingerprint density at radius 1 is 1.06 bits per heavy atom. The van der Waals surface area contributed by atoms with Gasteiger partial charge in [-0.1, -0.05) is 12.1 Å². The van der Waals surface area contributed by atoms with Crippen molar-refractivity contribution in [2.45, 2.75) is 31.9 Å². The Hall–Kier alpha value is -3.49. The normalized spacial score (nSPS) is 14.7. The lowest BCUT2D eigenvalue weighted by Crippen LogP contribution is -2.42. The maximum atomic E-state index is 13.7. The van der Waals surface area contributed by atoms with Gasteiger partial charge in [0.25, 0.3) is 11.1 Å². The number of aryl methyl sites for hydroxylation is 1. The number of nitrogens with zero attached hydrogens (tertiary/aromatic N) is 2. The summed E-state index contributed by atoms with van der Waals surface area (Å²) in [7, 11) is 0. The van der Waals surface area contributed by atoms with E-state index in [9.17, 15) is 23.2 Å². The minimum atomic E-state index is -0.756. The summed E-state index contributed by atoms with van der Waals surface area (Å²) in [6, 6.07) is 9.69. The Morgan fingerprint density at radius 2 is 1.77 bits per heavy atom. The van der Waals surface area contributed by atoms with Crippen molar-refractivity contribution in [3.63, 3.8) is 0 Å². The van der Waals surface area contributed by atoms with Gasteiger partial charge in [0.2, 0.25) is 5.91 Å². The Balaban J connectivity index is 1.33. The number of carbonyl (C=O) groups excluding carboxylic acids is 1. The van der Waals surface area contributed by atoms with Crippen molar-refractivity contribution in [2.24, 2.45) is 0 Å². The van der Waals surface area contributed by atoms with E-state index in [0.717, 1.165) is 16.8 Å². The number of piperidine rings is 1. The molecule has 31 heavy (non-hydrogen) atoms. The number of carbonyl (C=O) groups is 1. The first kappa shape index (κ1) is 20.8. The average Bonchev–Trinajstić information content (AvgIpc) is 2.77. The number of ether oxygens (including phenoxy) is 1. The monoisotopic (exact) mass is 429 g/mol. The fraction of sp³-hybridized carbons (Fsp3) is 0.318. The van der Waals surface area contributed by atoms with Gasteiger partial charge in [0.15, 0.2) is 11.6 Å². The average molecular weight is 429 g/mol. The zero-order chi connectivity index (χ0) is 22.0. The molecule has 162 valence electrons. The minimum Gasteiger partial charge on any atom is -0.487 e. The number of H-pyrrole nitrogens is 1. The van der Waals surface area contributed by atoms with Gasteiger partial charge in [-0.2, -0.15) is 0 Å². The third-order valence-electron chi connectivity index (χ3n) is 5.42. The number of fused-ring (bicyclic) bond motifs is 1. The summed E-state index contributed by atoms with van der Waals surface area (Å²) in [6.45, 7) is 0.917. The van der Waals surface area contributed by atoms with E-state index in [1.165, 1.54) is 6.07 Å². The molecule has 0 bridgehead atoms. The van der Waals surface area contributed by atoms with Crippen molar-refractivity contribution in [1.29, 1.82) is 0 Å². The van der Waals surface area contributed by atoms with Crippen molar-refractivity contribution in [3.05, 3.63) is 74.8 Å². The van der Waals surface area contributed by atoms with E-state index in [-0.39, 0.29) is 41.8 Å². The summed E-state index contributed by atoms with van der Waals surface area (Å²) in [4.78, 5) is 38.9. The van der Waals surface area contributed by atoms with E-state index in [1.54, 1.807) is 29.2 Å². The standard InChI is InChI=1S/C22H21F2N3O4/c23-14-5-6-19(18(24)13-14)31-15-7-10-26(11-8-15)20(28)9-12-27-22(30)17-4-2-1-3-16(17)21(29)25-27/h1-6,13,15H,7-12H2,(H,25,29). The number of hydrogen-bond donors (Lipinski definition) is 1. The Labute approximate surface area is 175 Å². The summed E-state index contributed by atoms with van der Waals surface area (Å²) in [6.07, 6.45) is 0.806. The molecule has 1 aliphatic rings. The van der Waals surface area contributed by atoms with Gasteiger partial charge < -0.3 is 9.64 Å². The predicted molar refractivity (Wildman–Crippen MR) is 110 cm³/mol. The van der Waals surface area contributed by atoms with Gasteiger partial charge in [-0.05, 0) is 24.3 Å². The lowest BCUT2D eigenvalue weighted by Gasteiger charge is -2.32. The van der Waals surface area contributed by atoms with Crippen LogP contribution in [0.5, 0.6) is 5.75 Å². The maximum absolute atomic E-state index is 13.7. The van der Waals surface area contributed by atoms with Crippen LogP contribution in [0.3, 0.4) is 0 Å². The highest BCUT2D eigenvalue weighted by molar-refractivity contribution is 5.80. The number of amides is 1. The van der Waals surface area contributed by atoms with Gasteiger partial charge in [-0.3, -0.25) is 19.5 Å². The van der Waals surface area contributed by atoms with Gasteiger partial charge in [0, 0.05) is 38.4 Å². The fourth-order valence-electron chi connectivity index (χ4n) is 3.74. The summed E-state index contributed by atoms with van der Waals surface area (Å²) in [5, 5.41) is 3.14. The van der Waals surface area contributed by atoms with Crippen LogP contribution in [0.4, 0.5) is 8.78 Å². The molecule has 7 nitrogen and oxygen atoms in total. The number of aromatic amines is 1. The van der Waals surface area contributed by atoms with E-state index in [0.29, 0.717) is 36.7 Å². The Kier molecular flexibility index (Phi) is 5.83. The number of likely N-dealkylation sites (tertiary alicyclic amines) is 1. The molecule has 1 aromatic heterocycles. The maximum Gasteiger partial charge on any atom is 0.273 e. The molecule has 3 aromatic rings. The van der Waals surface area contributed by atoms with Crippen LogP contribution in [0.25, 0.3) is 10.8 Å². The van der Waals surface area contributed by atoms with E-state index in [2.05, 4.69) is 5.10 Å². The summed E-state index contributed by atoms with van der Waals surface area (Å²) < 4.78 is 33.5. The quantitative estimate of drug-likeness (QED) is 0.675. The van der Waals surface area contributed by atoms with E-state index in [4.69, 9.17) is 4.74 Å². The molecular weight excluding hydrogens is 408 g/mol. The minimum absolute atomic E-state index is 0.00851. The van der Waals surface area contributed by atoms with Crippen LogP contribution in [0.15, 0.2) is 52.1 Å². The molecule has 1 aliphatic heterocycles. The molecule has 1 fully saturated rings. The first-order valence-corrected chi connectivity index (χ1v) is 10.0. The molecule has 1 N–H and O–H groups in total. The summed E-state index contributed by atoms with van der Waals surface area (Å²) in [5.74, 6) is -1.58. The van der Waals surface area contributed by atoms with E-state index in [1.807, 2.05) is 0 Å². The predicted octanol–water partition coefficient (Wildman–Crippen LogP) is 2.43. The largest absolute Gasteiger partial charge is 0.487 e. The van der Waals surface area contributed by atoms with E-state index < -0.39 is 11.6 Å². The molecule has 1 saturated heterocycles. The van der Waals surface area contributed by atoms with E-state index >= 15 is 0 Å². The van der Waals surface area contributed by atoms with Crippen LogP contribution < -0.4 is 15.9 Å². The van der Waals surface area contributed by atoms with Gasteiger partial charge in [0.05, 0.1) is 17.3 Å². The summed E-state index contributed by atoms with van der Waals surface area (Å²) in [5.41, 5.74) is -0.731. The van der Waals surface area contributed by atoms with Crippen LogP contribution in [-0.2, 0) is 11.3 Å². The molecule has 0 aliphatic carbocycles. The van der Waals surface area contributed by atoms with Crippen molar-refractivity contribution in [3.8, 4) is 5.75 Å². The second kappa shape index (κ2) is 8.71. The number of hydrogen-bond acceptors (Lipinski definition) is 4. The highest BCUT2D eigenvalue weighted by Gasteiger charge is 2.24. The topological polar surface area (TPSA) is 84.4 Å². The third-order valence-corrected chi connectivity index (χ3v) is 5.42. The van der Waals surface area contributed by atoms with Crippen LogP contribution in [0.1, 0.15) is 19.3 Å². The lowest BCUT2D eigenvalue weighted by atomic mass is 10.1. The smallest absolute Gasteiger partial charge is 0.273 e. The van der Waals surface area contributed by atoms with Crippen molar-refractivity contribution < 1.29 is 18.3 Å². The van der Waals surface area contributed by atoms with Gasteiger partial charge >= 0.3 is 0 Å². The molecule has 1 amide bonds. The van der Waals surface area contributed by atoms with Gasteiger partial charge in [-0.25, -0.2) is 13.5 Å². The molecule has 9 heteroatoms. The molecule has 0 spiro atoms. The molecular formula is C22H21F2N3O4. The Bertz CT molecular complexity index is 1230. The number of halogens is 2. The number of rotatable bonds is 5. The summed E-state index contributed by atoms with van der Waals surface area (Å²) >= 11 is 0. The zero-order valence-corrected chi connectivity index (χ0v) is 16.6. The molecule has 0 unspecified atom stereocenters. The zero-order valence-electron chi connectivity index (χ0n) is 16.6. The molecule has 4 rings (SSSR count). The van der Waals surface area contributed by atoms with Crippen LogP contribution in [-0.4, -0.2) is 39.8 Å². The first-order chi connectivity index (χ1) is 14.9. The molecule has 2 heterocycles. The van der Waals surface area contributed by atoms with Crippen molar-refractivity contribution >= 4 is 16.7 Å². The van der Waals surface area contributed by atoms with Crippen LogP contribution >= 0.6 is 0 Å². The fourth-order valence-corrected chi connectivity index (χ4v) is 3.74. The highest BCUT2D eigenvalue weighted by atomic mass is 19.1. The third kappa shape index (κ3) is 4.50. The van der Waals surface area contributed by atoms with Crippen LogP contribution in [0, 0.1) is 11.6 Å². The number of aromatic nitrogens is 2. The van der Waals surface area contributed by atoms with Crippen LogP contribution in [0.2, 0.25) is 0 Å². The molecule has 0 saturated carbocycles. The molecule has 0 radical (unpaired) electrons.